The monoisotopic (exact) mass is 265 g/mol. The molecule has 3 rings (SSSR count). The van der Waals surface area contributed by atoms with Crippen molar-refractivity contribution >= 4 is 11.8 Å². The lowest BCUT2D eigenvalue weighted by atomic mass is 10.2. The fraction of sp³-hybridized carbons (Fsp3) is 0.235. The van der Waals surface area contributed by atoms with E-state index >= 15 is 0 Å². The zero-order chi connectivity index (χ0) is 14.3. The summed E-state index contributed by atoms with van der Waals surface area (Å²) in [6.07, 6.45) is 6.22. The Balaban J connectivity index is 1.94. The van der Waals surface area contributed by atoms with Gasteiger partial charge in [0.2, 0.25) is 0 Å². The zero-order valence-electron chi connectivity index (χ0n) is 12.3. The van der Waals surface area contributed by atoms with Gasteiger partial charge in [-0.3, -0.25) is 0 Å². The number of hydrogen-bond donors (Lipinski definition) is 2. The number of nitrogens with zero attached hydrogens (tertiary/aromatic N) is 1. The first-order chi connectivity index (χ1) is 9.52. The summed E-state index contributed by atoms with van der Waals surface area (Å²) in [5.74, 6) is 0. The number of aryl methyl sites for hydroxylation is 4. The minimum absolute atomic E-state index is 0.983. The van der Waals surface area contributed by atoms with Crippen molar-refractivity contribution in [3.05, 3.63) is 63.9 Å². The van der Waals surface area contributed by atoms with Crippen LogP contribution in [0.2, 0.25) is 0 Å². The number of H-pyrrole nitrogens is 2. The van der Waals surface area contributed by atoms with Gasteiger partial charge in [-0.05, 0) is 69.2 Å². The predicted molar refractivity (Wildman–Crippen MR) is 84.2 cm³/mol. The molecule has 0 fully saturated rings. The average molecular weight is 265 g/mol. The molecule has 0 saturated heterocycles. The third kappa shape index (κ3) is 2.27. The number of hydrogen-bond acceptors (Lipinski definition) is 1. The van der Waals surface area contributed by atoms with Crippen LogP contribution in [-0.4, -0.2) is 15.7 Å². The van der Waals surface area contributed by atoms with E-state index in [9.17, 15) is 0 Å². The third-order valence-corrected chi connectivity index (χ3v) is 3.55. The Morgan fingerprint density at radius 2 is 1.60 bits per heavy atom. The molecular formula is C17H19N3. The Bertz CT molecular complexity index is 751. The van der Waals surface area contributed by atoms with E-state index in [0.29, 0.717) is 0 Å². The van der Waals surface area contributed by atoms with Gasteiger partial charge in [0.15, 0.2) is 0 Å². The molecule has 0 saturated carbocycles. The van der Waals surface area contributed by atoms with Crippen LogP contribution in [0.1, 0.15) is 33.9 Å². The van der Waals surface area contributed by atoms with Gasteiger partial charge >= 0.3 is 0 Å². The van der Waals surface area contributed by atoms with Crippen molar-refractivity contribution in [3.63, 3.8) is 0 Å². The lowest BCUT2D eigenvalue weighted by Crippen LogP contribution is -1.96. The number of aliphatic imine (C=N–C) groups is 1. The molecule has 3 heterocycles. The molecule has 0 bridgehead atoms. The largest absolute Gasteiger partial charge is 0.359 e. The molecule has 0 amide bonds. The summed E-state index contributed by atoms with van der Waals surface area (Å²) in [7, 11) is 0. The fourth-order valence-electron chi connectivity index (χ4n) is 2.64. The zero-order valence-corrected chi connectivity index (χ0v) is 12.3. The molecule has 2 aromatic heterocycles. The Morgan fingerprint density at radius 1 is 0.900 bits per heavy atom. The Labute approximate surface area is 119 Å². The molecule has 0 aliphatic carbocycles. The molecule has 102 valence electrons. The maximum absolute atomic E-state index is 4.69. The summed E-state index contributed by atoms with van der Waals surface area (Å²) in [5.41, 5.74) is 9.06. The first kappa shape index (κ1) is 12.7. The lowest BCUT2D eigenvalue weighted by molar-refractivity contribution is 1.23. The van der Waals surface area contributed by atoms with Gasteiger partial charge in [-0.1, -0.05) is 0 Å². The molecule has 1 aliphatic heterocycles. The van der Waals surface area contributed by atoms with Gasteiger partial charge in [0.25, 0.3) is 0 Å². The van der Waals surface area contributed by atoms with Crippen molar-refractivity contribution in [1.82, 2.24) is 9.97 Å². The predicted octanol–water partition coefficient (Wildman–Crippen LogP) is 3.98. The number of rotatable bonds is 2. The van der Waals surface area contributed by atoms with Crippen molar-refractivity contribution < 1.29 is 0 Å². The highest BCUT2D eigenvalue weighted by molar-refractivity contribution is 6.11. The normalized spacial score (nSPS) is 16.2. The molecule has 0 unspecified atom stereocenters. The van der Waals surface area contributed by atoms with Crippen LogP contribution in [0.25, 0.3) is 6.08 Å². The molecule has 2 aromatic rings. The summed E-state index contributed by atoms with van der Waals surface area (Å²) in [4.78, 5) is 11.4. The molecule has 0 spiro atoms. The summed E-state index contributed by atoms with van der Waals surface area (Å²) >= 11 is 0. The molecule has 3 nitrogen and oxygen atoms in total. The number of aromatic nitrogens is 2. The first-order valence-electron chi connectivity index (χ1n) is 6.84. The molecule has 0 aromatic carbocycles. The minimum Gasteiger partial charge on any atom is -0.359 e. The van der Waals surface area contributed by atoms with E-state index in [1.807, 2.05) is 0 Å². The van der Waals surface area contributed by atoms with Crippen molar-refractivity contribution in [2.75, 3.05) is 0 Å². The van der Waals surface area contributed by atoms with Gasteiger partial charge in [-0.15, -0.1) is 0 Å². The van der Waals surface area contributed by atoms with Crippen LogP contribution in [0.3, 0.4) is 0 Å². The second-order valence-electron chi connectivity index (χ2n) is 5.46. The van der Waals surface area contributed by atoms with Gasteiger partial charge in [0, 0.05) is 17.1 Å². The fourth-order valence-corrected chi connectivity index (χ4v) is 2.64. The summed E-state index contributed by atoms with van der Waals surface area (Å²) < 4.78 is 0. The molecule has 20 heavy (non-hydrogen) atoms. The van der Waals surface area contributed by atoms with E-state index < -0.39 is 0 Å². The van der Waals surface area contributed by atoms with E-state index in [4.69, 9.17) is 4.99 Å². The van der Waals surface area contributed by atoms with Gasteiger partial charge < -0.3 is 9.97 Å². The number of allylic oxidation sites excluding steroid dienone is 2. The second kappa shape index (κ2) is 4.67. The van der Waals surface area contributed by atoms with Crippen molar-refractivity contribution in [2.45, 2.75) is 27.7 Å². The van der Waals surface area contributed by atoms with Gasteiger partial charge in [0.1, 0.15) is 0 Å². The van der Waals surface area contributed by atoms with E-state index in [-0.39, 0.29) is 0 Å². The third-order valence-electron chi connectivity index (χ3n) is 3.55. The van der Waals surface area contributed by atoms with Crippen molar-refractivity contribution in [1.29, 1.82) is 0 Å². The van der Waals surface area contributed by atoms with Gasteiger partial charge in [-0.2, -0.15) is 0 Å². The van der Waals surface area contributed by atoms with Crippen LogP contribution in [0.15, 0.2) is 35.0 Å². The minimum atomic E-state index is 0.983. The number of nitrogens with one attached hydrogen (secondary N) is 2. The van der Waals surface area contributed by atoms with Gasteiger partial charge in [-0.25, -0.2) is 4.99 Å². The Hall–Kier alpha value is -2.29. The van der Waals surface area contributed by atoms with Crippen molar-refractivity contribution in [3.8, 4) is 0 Å². The Kier molecular flexibility index (Phi) is 2.97. The van der Waals surface area contributed by atoms with Crippen LogP contribution >= 0.6 is 0 Å². The summed E-state index contributed by atoms with van der Waals surface area (Å²) in [6.45, 7) is 8.35. The maximum Gasteiger partial charge on any atom is 0.0875 e. The standard InChI is InChI=1S/C17H19N3/c1-10-7-12(3)18-16(10)9-14-5-6-15(20-14)17-11(2)8-13(4)19-17/h5-9,18-19H,1-4H3/b14-9-. The average Bonchev–Trinajstić information content (AvgIpc) is 3.02. The van der Waals surface area contributed by atoms with Crippen LogP contribution in [-0.2, 0) is 0 Å². The molecule has 0 atom stereocenters. The van der Waals surface area contributed by atoms with Crippen molar-refractivity contribution in [2.24, 2.45) is 4.99 Å². The lowest BCUT2D eigenvalue weighted by Gasteiger charge is -1.97. The molecule has 0 radical (unpaired) electrons. The quantitative estimate of drug-likeness (QED) is 0.825. The van der Waals surface area contributed by atoms with Crippen LogP contribution < -0.4 is 0 Å². The van der Waals surface area contributed by atoms with E-state index in [2.05, 4.69) is 68.0 Å². The summed E-state index contributed by atoms with van der Waals surface area (Å²) in [6, 6.07) is 4.29. The van der Waals surface area contributed by atoms with E-state index in [0.717, 1.165) is 22.8 Å². The second-order valence-corrected chi connectivity index (χ2v) is 5.46. The van der Waals surface area contributed by atoms with Crippen LogP contribution in [0.4, 0.5) is 0 Å². The number of aromatic amines is 2. The highest BCUT2D eigenvalue weighted by Gasteiger charge is 2.12. The highest BCUT2D eigenvalue weighted by atomic mass is 14.8. The maximum atomic E-state index is 4.69. The molecule has 2 N–H and O–H groups in total. The SMILES string of the molecule is Cc1cc(C)c(/C=C2/C=CC(c3[nH]c(C)cc3C)=N2)[nH]1. The smallest absolute Gasteiger partial charge is 0.0875 e. The first-order valence-corrected chi connectivity index (χ1v) is 6.84. The van der Waals surface area contributed by atoms with Crippen LogP contribution in [0, 0.1) is 27.7 Å². The molecule has 1 aliphatic rings. The van der Waals surface area contributed by atoms with Crippen LogP contribution in [0.5, 0.6) is 0 Å². The Morgan fingerprint density at radius 3 is 2.20 bits per heavy atom. The van der Waals surface area contributed by atoms with E-state index in [1.165, 1.54) is 22.5 Å². The summed E-state index contributed by atoms with van der Waals surface area (Å²) in [5, 5.41) is 0. The topological polar surface area (TPSA) is 43.9 Å². The van der Waals surface area contributed by atoms with Gasteiger partial charge in [0.05, 0.1) is 17.1 Å². The molecule has 3 heteroatoms. The van der Waals surface area contributed by atoms with E-state index in [1.54, 1.807) is 0 Å². The highest BCUT2D eigenvalue weighted by Crippen LogP contribution is 2.21. The molecular weight excluding hydrogens is 246 g/mol.